The number of hydrogen-bond acceptors (Lipinski definition) is 3. The van der Waals surface area contributed by atoms with Gasteiger partial charge in [-0.15, -0.1) is 0 Å². The van der Waals surface area contributed by atoms with Crippen LogP contribution in [-0.2, 0) is 29.3 Å². The molecule has 0 radical (unpaired) electrons. The molecule has 0 amide bonds. The van der Waals surface area contributed by atoms with Gasteiger partial charge in [-0.1, -0.05) is 43.3 Å². The van der Waals surface area contributed by atoms with Crippen molar-refractivity contribution in [3.63, 3.8) is 0 Å². The molecule has 6 heteroatoms. The van der Waals surface area contributed by atoms with Gasteiger partial charge in [0.1, 0.15) is 0 Å². The molecule has 3 rings (SSSR count). The minimum absolute atomic E-state index is 0.227. The molecule has 0 fully saturated rings. The summed E-state index contributed by atoms with van der Waals surface area (Å²) in [5, 5.41) is 9.10. The van der Waals surface area contributed by atoms with E-state index in [0.29, 0.717) is 18.5 Å². The van der Waals surface area contributed by atoms with E-state index in [1.54, 1.807) is 48.5 Å². The average Bonchev–Trinajstić information content (AvgIpc) is 2.72. The minimum Gasteiger partial charge on any atom is -0.478 e. The molecule has 0 bridgehead atoms. The first-order valence-corrected chi connectivity index (χ1v) is 10.9. The second-order valence-electron chi connectivity index (χ2n) is 6.81. The van der Waals surface area contributed by atoms with E-state index in [1.807, 2.05) is 31.2 Å². The van der Waals surface area contributed by atoms with Crippen LogP contribution >= 0.6 is 0 Å². The highest BCUT2D eigenvalue weighted by Gasteiger charge is 2.14. The van der Waals surface area contributed by atoms with Crippen LogP contribution in [0.15, 0.2) is 77.7 Å². The first-order valence-electron chi connectivity index (χ1n) is 9.40. The van der Waals surface area contributed by atoms with Gasteiger partial charge in [-0.25, -0.2) is 13.2 Å². The van der Waals surface area contributed by atoms with Gasteiger partial charge >= 0.3 is 5.97 Å². The topological polar surface area (TPSA) is 83.5 Å². The molecule has 29 heavy (non-hydrogen) atoms. The fourth-order valence-electron chi connectivity index (χ4n) is 3.06. The van der Waals surface area contributed by atoms with Crippen molar-refractivity contribution in [1.82, 2.24) is 0 Å². The van der Waals surface area contributed by atoms with Crippen molar-refractivity contribution in [2.24, 2.45) is 0 Å². The SMILES string of the molecule is CCc1ccc(S(=O)(=O)Nc2cccc(CCc3cccc(C(=O)O)c3)c2)cc1. The molecule has 0 unspecified atom stereocenters. The first-order chi connectivity index (χ1) is 13.9. The molecular weight excluding hydrogens is 386 g/mol. The number of aryl methyl sites for hydroxylation is 3. The summed E-state index contributed by atoms with van der Waals surface area (Å²) in [5.41, 5.74) is 3.73. The third kappa shape index (κ3) is 5.45. The number of anilines is 1. The summed E-state index contributed by atoms with van der Waals surface area (Å²) in [6, 6.07) is 20.9. The Morgan fingerprint density at radius 2 is 1.48 bits per heavy atom. The minimum atomic E-state index is -3.65. The highest BCUT2D eigenvalue weighted by Crippen LogP contribution is 2.19. The van der Waals surface area contributed by atoms with E-state index in [9.17, 15) is 13.2 Å². The van der Waals surface area contributed by atoms with E-state index in [1.165, 1.54) is 0 Å². The fraction of sp³-hybridized carbons (Fsp3) is 0.174. The lowest BCUT2D eigenvalue weighted by Gasteiger charge is -2.10. The number of benzene rings is 3. The Morgan fingerprint density at radius 1 is 0.862 bits per heavy atom. The molecule has 0 aliphatic heterocycles. The van der Waals surface area contributed by atoms with Crippen LogP contribution in [0.2, 0.25) is 0 Å². The summed E-state index contributed by atoms with van der Waals surface area (Å²) in [4.78, 5) is 11.3. The molecule has 3 aromatic rings. The fourth-order valence-corrected chi connectivity index (χ4v) is 4.11. The monoisotopic (exact) mass is 409 g/mol. The van der Waals surface area contributed by atoms with Gasteiger partial charge in [0.05, 0.1) is 10.5 Å². The molecule has 0 saturated carbocycles. The number of hydrogen-bond donors (Lipinski definition) is 2. The van der Waals surface area contributed by atoms with E-state index in [2.05, 4.69) is 4.72 Å². The van der Waals surface area contributed by atoms with Crippen LogP contribution in [-0.4, -0.2) is 19.5 Å². The Morgan fingerprint density at radius 3 is 2.10 bits per heavy atom. The molecule has 0 aliphatic rings. The Hall–Kier alpha value is -3.12. The average molecular weight is 410 g/mol. The van der Waals surface area contributed by atoms with Crippen LogP contribution in [0.25, 0.3) is 0 Å². The number of carboxylic acids is 1. The van der Waals surface area contributed by atoms with Gasteiger partial charge in [-0.05, 0) is 72.4 Å². The predicted molar refractivity (Wildman–Crippen MR) is 114 cm³/mol. The van der Waals surface area contributed by atoms with Crippen molar-refractivity contribution >= 4 is 21.7 Å². The maximum Gasteiger partial charge on any atom is 0.335 e. The molecule has 5 nitrogen and oxygen atoms in total. The standard InChI is InChI=1S/C23H23NO4S/c1-2-17-11-13-22(14-12-17)29(27,28)24-21-8-4-6-19(16-21)10-9-18-5-3-7-20(15-18)23(25)26/h3-8,11-16,24H,2,9-10H2,1H3,(H,25,26). The van der Waals surface area contributed by atoms with E-state index in [0.717, 1.165) is 23.1 Å². The number of carboxylic acid groups (broad SMARTS) is 1. The van der Waals surface area contributed by atoms with Gasteiger partial charge in [-0.2, -0.15) is 0 Å². The first kappa shape index (κ1) is 20.6. The van der Waals surface area contributed by atoms with Gasteiger partial charge in [0.15, 0.2) is 0 Å². The zero-order valence-electron chi connectivity index (χ0n) is 16.1. The summed E-state index contributed by atoms with van der Waals surface area (Å²) >= 11 is 0. The van der Waals surface area contributed by atoms with Crippen molar-refractivity contribution in [2.75, 3.05) is 4.72 Å². The van der Waals surface area contributed by atoms with Crippen LogP contribution in [0.3, 0.4) is 0 Å². The highest BCUT2D eigenvalue weighted by atomic mass is 32.2. The zero-order chi connectivity index (χ0) is 20.9. The summed E-state index contributed by atoms with van der Waals surface area (Å²) in [6.45, 7) is 2.02. The molecule has 3 aromatic carbocycles. The molecule has 0 aliphatic carbocycles. The van der Waals surface area contributed by atoms with Crippen LogP contribution < -0.4 is 4.72 Å². The van der Waals surface area contributed by atoms with Crippen LogP contribution in [0.5, 0.6) is 0 Å². The van der Waals surface area contributed by atoms with Crippen molar-refractivity contribution in [3.05, 3.63) is 95.1 Å². The summed E-state index contributed by atoms with van der Waals surface area (Å²) in [7, 11) is -3.65. The van der Waals surface area contributed by atoms with Crippen molar-refractivity contribution < 1.29 is 18.3 Å². The lowest BCUT2D eigenvalue weighted by Crippen LogP contribution is -2.13. The second kappa shape index (κ2) is 8.92. The van der Waals surface area contributed by atoms with E-state index in [-0.39, 0.29) is 10.5 Å². The van der Waals surface area contributed by atoms with E-state index in [4.69, 9.17) is 5.11 Å². The molecular formula is C23H23NO4S. The van der Waals surface area contributed by atoms with E-state index >= 15 is 0 Å². The Bertz CT molecular complexity index is 1110. The van der Waals surface area contributed by atoms with Gasteiger partial charge in [0.2, 0.25) is 0 Å². The van der Waals surface area contributed by atoms with Crippen LogP contribution in [0.1, 0.15) is 34.0 Å². The highest BCUT2D eigenvalue weighted by molar-refractivity contribution is 7.92. The molecule has 0 heterocycles. The zero-order valence-corrected chi connectivity index (χ0v) is 16.9. The normalized spacial score (nSPS) is 11.2. The van der Waals surface area contributed by atoms with Crippen molar-refractivity contribution in [1.29, 1.82) is 0 Å². The van der Waals surface area contributed by atoms with Gasteiger partial charge in [-0.3, -0.25) is 4.72 Å². The van der Waals surface area contributed by atoms with Crippen molar-refractivity contribution in [2.45, 2.75) is 31.1 Å². The number of rotatable bonds is 8. The van der Waals surface area contributed by atoms with Gasteiger partial charge in [0, 0.05) is 5.69 Å². The molecule has 2 N–H and O–H groups in total. The summed E-state index contributed by atoms with van der Waals surface area (Å²) in [5.74, 6) is -0.949. The van der Waals surface area contributed by atoms with E-state index < -0.39 is 16.0 Å². The Kier molecular flexibility index (Phi) is 6.34. The lowest BCUT2D eigenvalue weighted by atomic mass is 10.0. The van der Waals surface area contributed by atoms with Crippen LogP contribution in [0, 0.1) is 0 Å². The molecule has 0 spiro atoms. The molecule has 0 saturated heterocycles. The maximum absolute atomic E-state index is 12.6. The number of nitrogens with one attached hydrogen (secondary N) is 1. The Labute approximate surface area is 171 Å². The maximum atomic E-state index is 12.6. The smallest absolute Gasteiger partial charge is 0.335 e. The number of carbonyl (C=O) groups is 1. The van der Waals surface area contributed by atoms with Gasteiger partial charge in [0.25, 0.3) is 10.0 Å². The lowest BCUT2D eigenvalue weighted by molar-refractivity contribution is 0.0696. The largest absolute Gasteiger partial charge is 0.478 e. The third-order valence-electron chi connectivity index (χ3n) is 4.70. The molecule has 0 atom stereocenters. The molecule has 150 valence electrons. The summed E-state index contributed by atoms with van der Waals surface area (Å²) in [6.07, 6.45) is 2.19. The third-order valence-corrected chi connectivity index (χ3v) is 6.09. The second-order valence-corrected chi connectivity index (χ2v) is 8.49. The molecule has 0 aromatic heterocycles. The number of aromatic carboxylic acids is 1. The van der Waals surface area contributed by atoms with Crippen LogP contribution in [0.4, 0.5) is 5.69 Å². The quantitative estimate of drug-likeness (QED) is 0.572. The number of sulfonamides is 1. The predicted octanol–water partition coefficient (Wildman–Crippen LogP) is 4.53. The van der Waals surface area contributed by atoms with Gasteiger partial charge < -0.3 is 5.11 Å². The summed E-state index contributed by atoms with van der Waals surface area (Å²) < 4.78 is 27.9. The Balaban J connectivity index is 1.70. The van der Waals surface area contributed by atoms with Crippen molar-refractivity contribution in [3.8, 4) is 0 Å².